The van der Waals surface area contributed by atoms with Crippen LogP contribution in [0.5, 0.6) is 0 Å². The van der Waals surface area contributed by atoms with Gasteiger partial charge in [-0.15, -0.1) is 11.3 Å². The highest BCUT2D eigenvalue weighted by Crippen LogP contribution is 2.25. The second-order valence-corrected chi connectivity index (χ2v) is 7.59. The first-order chi connectivity index (χ1) is 9.90. The highest BCUT2D eigenvalue weighted by atomic mass is 35.5. The van der Waals surface area contributed by atoms with E-state index in [-0.39, 0.29) is 11.5 Å². The summed E-state index contributed by atoms with van der Waals surface area (Å²) >= 11 is 7.91. The van der Waals surface area contributed by atoms with E-state index in [1.807, 2.05) is 24.3 Å². The van der Waals surface area contributed by atoms with Crippen molar-refractivity contribution in [2.75, 3.05) is 0 Å². The Kier molecular flexibility index (Phi) is 5.38. The van der Waals surface area contributed by atoms with Crippen molar-refractivity contribution in [3.05, 3.63) is 50.9 Å². The number of hydrogen-bond acceptors (Lipinski definition) is 4. The number of hydrazine groups is 1. The fraction of sp³-hybridized carbons (Fsp3) is 0.438. The molecule has 114 valence electrons. The van der Waals surface area contributed by atoms with E-state index in [0.29, 0.717) is 0 Å². The largest absolute Gasteiger partial charge is 0.271 e. The first-order valence-corrected chi connectivity index (χ1v) is 8.30. The van der Waals surface area contributed by atoms with Crippen LogP contribution in [0.3, 0.4) is 0 Å². The molecule has 1 aromatic heterocycles. The zero-order chi connectivity index (χ0) is 15.5. The summed E-state index contributed by atoms with van der Waals surface area (Å²) in [7, 11) is 0. The second-order valence-electron chi connectivity index (χ2n) is 6.24. The molecule has 1 heterocycles. The molecule has 0 saturated carbocycles. The molecular weight excluding hydrogens is 302 g/mol. The molecule has 0 aliphatic rings. The van der Waals surface area contributed by atoms with Crippen LogP contribution in [0.4, 0.5) is 0 Å². The lowest BCUT2D eigenvalue weighted by Gasteiger charge is -2.16. The van der Waals surface area contributed by atoms with Crippen molar-refractivity contribution < 1.29 is 0 Å². The fourth-order valence-electron chi connectivity index (χ4n) is 2.08. The number of nitrogens with one attached hydrogen (secondary N) is 1. The van der Waals surface area contributed by atoms with E-state index in [1.165, 1.54) is 0 Å². The Hall–Kier alpha value is -0.940. The van der Waals surface area contributed by atoms with Gasteiger partial charge >= 0.3 is 0 Å². The van der Waals surface area contributed by atoms with Gasteiger partial charge in [0.2, 0.25) is 0 Å². The van der Waals surface area contributed by atoms with Crippen LogP contribution < -0.4 is 11.3 Å². The summed E-state index contributed by atoms with van der Waals surface area (Å²) in [6, 6.07) is 8.01. The van der Waals surface area contributed by atoms with Gasteiger partial charge in [-0.3, -0.25) is 11.3 Å². The minimum absolute atomic E-state index is 0.0864. The molecule has 1 aromatic carbocycles. The van der Waals surface area contributed by atoms with Crippen LogP contribution in [0.1, 0.15) is 37.0 Å². The van der Waals surface area contributed by atoms with Gasteiger partial charge in [-0.05, 0) is 18.1 Å². The third-order valence-electron chi connectivity index (χ3n) is 3.40. The SMILES string of the molecule is CC(C)(C)c1csc(CC(Cc2ccccc2Cl)NN)n1. The maximum absolute atomic E-state index is 6.21. The molecule has 0 aliphatic heterocycles. The maximum Gasteiger partial charge on any atom is 0.0944 e. The fourth-order valence-corrected chi connectivity index (χ4v) is 3.39. The Balaban J connectivity index is 2.06. The summed E-state index contributed by atoms with van der Waals surface area (Å²) in [5, 5.41) is 4.03. The van der Waals surface area contributed by atoms with Gasteiger partial charge in [-0.25, -0.2) is 4.98 Å². The van der Waals surface area contributed by atoms with Crippen LogP contribution >= 0.6 is 22.9 Å². The Morgan fingerprint density at radius 1 is 1.29 bits per heavy atom. The molecule has 0 saturated heterocycles. The van der Waals surface area contributed by atoms with Crippen molar-refractivity contribution in [3.8, 4) is 0 Å². The number of benzene rings is 1. The van der Waals surface area contributed by atoms with Gasteiger partial charge in [0.15, 0.2) is 0 Å². The first-order valence-electron chi connectivity index (χ1n) is 7.04. The van der Waals surface area contributed by atoms with Gasteiger partial charge in [-0.1, -0.05) is 50.6 Å². The molecule has 5 heteroatoms. The zero-order valence-corrected chi connectivity index (χ0v) is 14.3. The van der Waals surface area contributed by atoms with Gasteiger partial charge < -0.3 is 0 Å². The third-order valence-corrected chi connectivity index (χ3v) is 4.64. The Morgan fingerprint density at radius 2 is 2.00 bits per heavy atom. The molecule has 2 rings (SSSR count). The van der Waals surface area contributed by atoms with Crippen LogP contribution in [0.25, 0.3) is 0 Å². The summed E-state index contributed by atoms with van der Waals surface area (Å²) in [5.41, 5.74) is 5.21. The molecule has 0 aliphatic carbocycles. The van der Waals surface area contributed by atoms with Crippen LogP contribution in [0, 0.1) is 0 Å². The molecule has 0 amide bonds. The minimum Gasteiger partial charge on any atom is -0.271 e. The lowest BCUT2D eigenvalue weighted by atomic mass is 9.93. The van der Waals surface area contributed by atoms with Crippen LogP contribution in [-0.2, 0) is 18.3 Å². The van der Waals surface area contributed by atoms with E-state index in [0.717, 1.165) is 34.1 Å². The maximum atomic E-state index is 6.21. The van der Waals surface area contributed by atoms with Gasteiger partial charge in [0, 0.05) is 28.3 Å². The molecule has 0 bridgehead atoms. The number of hydrogen-bond donors (Lipinski definition) is 2. The standard InChI is InChI=1S/C16H22ClN3S/c1-16(2,3)14-10-21-15(19-14)9-12(20-18)8-11-6-4-5-7-13(11)17/h4-7,10,12,20H,8-9,18H2,1-3H3. The number of thiazole rings is 1. The molecule has 0 radical (unpaired) electrons. The molecule has 3 nitrogen and oxygen atoms in total. The lowest BCUT2D eigenvalue weighted by molar-refractivity contribution is 0.517. The predicted molar refractivity (Wildman–Crippen MR) is 90.8 cm³/mol. The zero-order valence-electron chi connectivity index (χ0n) is 12.7. The van der Waals surface area contributed by atoms with E-state index in [9.17, 15) is 0 Å². The van der Waals surface area contributed by atoms with Gasteiger partial charge in [0.05, 0.1) is 10.7 Å². The van der Waals surface area contributed by atoms with Crippen molar-refractivity contribution in [2.24, 2.45) is 5.84 Å². The topological polar surface area (TPSA) is 50.9 Å². The Labute approximate surface area is 135 Å². The molecule has 3 N–H and O–H groups in total. The first kappa shape index (κ1) is 16.4. The van der Waals surface area contributed by atoms with Crippen LogP contribution in [0.2, 0.25) is 5.02 Å². The molecule has 0 fully saturated rings. The number of halogens is 1. The van der Waals surface area contributed by atoms with Crippen molar-refractivity contribution in [2.45, 2.75) is 45.1 Å². The number of aromatic nitrogens is 1. The Bertz CT molecular complexity index is 589. The normalized spacial score (nSPS) is 13.4. The Morgan fingerprint density at radius 3 is 2.57 bits per heavy atom. The monoisotopic (exact) mass is 323 g/mol. The van der Waals surface area contributed by atoms with Crippen molar-refractivity contribution >= 4 is 22.9 Å². The van der Waals surface area contributed by atoms with Crippen molar-refractivity contribution in [1.82, 2.24) is 10.4 Å². The summed E-state index contributed by atoms with van der Waals surface area (Å²) in [6.45, 7) is 6.52. The molecule has 2 aromatic rings. The predicted octanol–water partition coefficient (Wildman–Crippen LogP) is 3.71. The second kappa shape index (κ2) is 6.88. The highest BCUT2D eigenvalue weighted by Gasteiger charge is 2.19. The highest BCUT2D eigenvalue weighted by molar-refractivity contribution is 7.09. The summed E-state index contributed by atoms with van der Waals surface area (Å²) in [4.78, 5) is 4.72. The molecule has 1 unspecified atom stereocenters. The lowest BCUT2D eigenvalue weighted by Crippen LogP contribution is -2.38. The van der Waals surface area contributed by atoms with E-state index in [1.54, 1.807) is 11.3 Å². The van der Waals surface area contributed by atoms with Gasteiger partial charge in [0.1, 0.15) is 0 Å². The van der Waals surface area contributed by atoms with Crippen molar-refractivity contribution in [3.63, 3.8) is 0 Å². The number of nitrogens with zero attached hydrogens (tertiary/aromatic N) is 1. The van der Waals surface area contributed by atoms with Crippen molar-refractivity contribution in [1.29, 1.82) is 0 Å². The van der Waals surface area contributed by atoms with Crippen LogP contribution in [-0.4, -0.2) is 11.0 Å². The van der Waals surface area contributed by atoms with Gasteiger partial charge in [0.25, 0.3) is 0 Å². The molecular formula is C16H22ClN3S. The summed E-state index contributed by atoms with van der Waals surface area (Å²) in [6.07, 6.45) is 1.60. The quantitative estimate of drug-likeness (QED) is 0.651. The summed E-state index contributed by atoms with van der Waals surface area (Å²) < 4.78 is 0. The minimum atomic E-state index is 0.0864. The van der Waals surface area contributed by atoms with Gasteiger partial charge in [-0.2, -0.15) is 0 Å². The molecule has 0 spiro atoms. The van der Waals surface area contributed by atoms with E-state index < -0.39 is 0 Å². The van der Waals surface area contributed by atoms with Crippen LogP contribution in [0.15, 0.2) is 29.6 Å². The smallest absolute Gasteiger partial charge is 0.0944 e. The third kappa shape index (κ3) is 4.51. The summed E-state index contributed by atoms with van der Waals surface area (Å²) in [5.74, 6) is 5.69. The number of rotatable bonds is 5. The molecule has 1 atom stereocenters. The van der Waals surface area contributed by atoms with E-state index >= 15 is 0 Å². The van der Waals surface area contributed by atoms with E-state index in [2.05, 4.69) is 31.6 Å². The average Bonchev–Trinajstić information content (AvgIpc) is 2.89. The van der Waals surface area contributed by atoms with E-state index in [4.69, 9.17) is 22.4 Å². The average molecular weight is 324 g/mol. The number of nitrogens with two attached hydrogens (primary N) is 1. The molecule has 21 heavy (non-hydrogen) atoms.